The summed E-state index contributed by atoms with van der Waals surface area (Å²) in [6.07, 6.45) is 1.75. The summed E-state index contributed by atoms with van der Waals surface area (Å²) in [5.41, 5.74) is 9.75. The van der Waals surface area contributed by atoms with Gasteiger partial charge in [0.2, 0.25) is 0 Å². The van der Waals surface area contributed by atoms with Gasteiger partial charge in [-0.15, -0.1) is 11.3 Å². The fraction of sp³-hybridized carbons (Fsp3) is 0.400. The molecule has 0 amide bonds. The first kappa shape index (κ1) is 12.7. The molecule has 0 spiro atoms. The zero-order valence-corrected chi connectivity index (χ0v) is 11.7. The summed E-state index contributed by atoms with van der Waals surface area (Å²) in [7, 11) is 1.67. The van der Waals surface area contributed by atoms with Crippen molar-refractivity contribution >= 4 is 27.3 Å². The molecule has 2 N–H and O–H groups in total. The van der Waals surface area contributed by atoms with Crippen molar-refractivity contribution in [2.45, 2.75) is 12.6 Å². The third-order valence-electron chi connectivity index (χ3n) is 2.41. The van der Waals surface area contributed by atoms with Crippen LogP contribution in [-0.4, -0.2) is 28.5 Å². The second-order valence-electron chi connectivity index (χ2n) is 3.48. The molecule has 0 aliphatic carbocycles. The number of hydrogen-bond acceptors (Lipinski definition) is 5. The fourth-order valence-electron chi connectivity index (χ4n) is 1.55. The van der Waals surface area contributed by atoms with E-state index in [0.29, 0.717) is 13.2 Å². The van der Waals surface area contributed by atoms with Crippen LogP contribution in [0.15, 0.2) is 21.6 Å². The van der Waals surface area contributed by atoms with Gasteiger partial charge in [-0.1, -0.05) is 0 Å². The minimum Gasteiger partial charge on any atom is -0.383 e. The molecule has 2 aromatic rings. The summed E-state index contributed by atoms with van der Waals surface area (Å²) in [6, 6.07) is -0.269. The van der Waals surface area contributed by atoms with Crippen LogP contribution in [0.2, 0.25) is 0 Å². The maximum Gasteiger partial charge on any atom is 0.0917 e. The molecule has 1 unspecified atom stereocenters. The van der Waals surface area contributed by atoms with Gasteiger partial charge in [0.1, 0.15) is 0 Å². The van der Waals surface area contributed by atoms with E-state index >= 15 is 0 Å². The normalized spacial score (nSPS) is 12.9. The lowest BCUT2D eigenvalue weighted by Gasteiger charge is -2.13. The summed E-state index contributed by atoms with van der Waals surface area (Å²) >= 11 is 5.00. The van der Waals surface area contributed by atoms with Crippen LogP contribution in [0, 0.1) is 0 Å². The number of methoxy groups -OCH3 is 1. The van der Waals surface area contributed by atoms with Crippen molar-refractivity contribution in [3.05, 3.63) is 32.9 Å². The molecule has 2 heterocycles. The smallest absolute Gasteiger partial charge is 0.0917 e. The van der Waals surface area contributed by atoms with E-state index < -0.39 is 0 Å². The number of ether oxygens (including phenoxy) is 1. The Morgan fingerprint density at radius 1 is 1.65 bits per heavy atom. The highest BCUT2D eigenvalue weighted by Gasteiger charge is 2.19. The van der Waals surface area contributed by atoms with Gasteiger partial charge in [0.05, 0.1) is 46.8 Å². The van der Waals surface area contributed by atoms with Crippen LogP contribution in [0.3, 0.4) is 0 Å². The maximum absolute atomic E-state index is 6.19. The molecule has 0 fully saturated rings. The first-order valence-electron chi connectivity index (χ1n) is 5.08. The summed E-state index contributed by atoms with van der Waals surface area (Å²) in [4.78, 5) is 4.23. The lowest BCUT2D eigenvalue weighted by molar-refractivity contribution is 0.182. The summed E-state index contributed by atoms with van der Waals surface area (Å²) < 4.78 is 7.79. The van der Waals surface area contributed by atoms with E-state index in [1.807, 2.05) is 10.1 Å². The Hall–Kier alpha value is -0.760. The molecular weight excluding hydrogens is 304 g/mol. The Bertz CT molecular complexity index is 471. The van der Waals surface area contributed by atoms with Gasteiger partial charge < -0.3 is 10.5 Å². The van der Waals surface area contributed by atoms with Crippen LogP contribution >= 0.6 is 27.3 Å². The highest BCUT2D eigenvalue weighted by molar-refractivity contribution is 9.10. The monoisotopic (exact) mass is 316 g/mol. The topological polar surface area (TPSA) is 66.0 Å². The molecule has 0 bridgehead atoms. The van der Waals surface area contributed by atoms with E-state index in [-0.39, 0.29) is 6.04 Å². The predicted octanol–water partition coefficient (Wildman–Crippen LogP) is 1.80. The van der Waals surface area contributed by atoms with Gasteiger partial charge >= 0.3 is 0 Å². The Balaban J connectivity index is 2.27. The minimum absolute atomic E-state index is 0.269. The number of thiazole rings is 1. The van der Waals surface area contributed by atoms with Gasteiger partial charge in [-0.25, -0.2) is 4.98 Å². The molecule has 0 saturated heterocycles. The highest BCUT2D eigenvalue weighted by Crippen LogP contribution is 2.26. The Labute approximate surface area is 112 Å². The third kappa shape index (κ3) is 2.74. The number of rotatable bonds is 5. The number of nitrogens with zero attached hydrogens (tertiary/aromatic N) is 3. The lowest BCUT2D eigenvalue weighted by atomic mass is 10.2. The van der Waals surface area contributed by atoms with Crippen LogP contribution < -0.4 is 5.73 Å². The maximum atomic E-state index is 6.19. The lowest BCUT2D eigenvalue weighted by Crippen LogP contribution is -2.19. The first-order chi connectivity index (χ1) is 8.24. The second kappa shape index (κ2) is 5.72. The van der Waals surface area contributed by atoms with Crippen molar-refractivity contribution in [3.63, 3.8) is 0 Å². The molecule has 0 aliphatic rings. The number of hydrogen-bond donors (Lipinski definition) is 1. The molecular formula is C10H13BrN4OS. The molecule has 2 rings (SSSR count). The number of nitrogens with two attached hydrogens (primary N) is 1. The van der Waals surface area contributed by atoms with E-state index in [4.69, 9.17) is 10.5 Å². The van der Waals surface area contributed by atoms with Crippen LogP contribution in [-0.2, 0) is 11.3 Å². The second-order valence-corrected chi connectivity index (χ2v) is 5.06. The third-order valence-corrected chi connectivity index (χ3v) is 3.62. The summed E-state index contributed by atoms with van der Waals surface area (Å²) in [5.74, 6) is 0. The Kier molecular flexibility index (Phi) is 4.27. The van der Waals surface area contributed by atoms with Gasteiger partial charge in [0, 0.05) is 12.5 Å². The minimum atomic E-state index is -0.269. The van der Waals surface area contributed by atoms with E-state index in [1.165, 1.54) is 11.3 Å². The standard InChI is InChI=1S/C10H13BrN4OS/c1-16-3-2-15-10(7(11)4-14-15)9(12)8-5-17-6-13-8/h4-6,9H,2-3,12H2,1H3. The Morgan fingerprint density at radius 3 is 3.12 bits per heavy atom. The van der Waals surface area contributed by atoms with Crippen molar-refractivity contribution < 1.29 is 4.74 Å². The van der Waals surface area contributed by atoms with Crippen LogP contribution in [0.25, 0.3) is 0 Å². The fourth-order valence-corrected chi connectivity index (χ4v) is 2.69. The van der Waals surface area contributed by atoms with E-state index in [9.17, 15) is 0 Å². The van der Waals surface area contributed by atoms with Crippen molar-refractivity contribution in [2.75, 3.05) is 13.7 Å². The summed E-state index contributed by atoms with van der Waals surface area (Å²) in [5, 5.41) is 6.22. The Morgan fingerprint density at radius 2 is 2.47 bits per heavy atom. The van der Waals surface area contributed by atoms with E-state index in [0.717, 1.165) is 15.9 Å². The van der Waals surface area contributed by atoms with Crippen molar-refractivity contribution in [3.8, 4) is 0 Å². The molecule has 0 aliphatic heterocycles. The molecule has 7 heteroatoms. The molecule has 17 heavy (non-hydrogen) atoms. The molecule has 5 nitrogen and oxygen atoms in total. The average molecular weight is 317 g/mol. The molecule has 92 valence electrons. The van der Waals surface area contributed by atoms with Crippen LogP contribution in [0.5, 0.6) is 0 Å². The zero-order chi connectivity index (χ0) is 12.3. The molecule has 0 aromatic carbocycles. The largest absolute Gasteiger partial charge is 0.383 e. The van der Waals surface area contributed by atoms with E-state index in [1.54, 1.807) is 18.8 Å². The van der Waals surface area contributed by atoms with E-state index in [2.05, 4.69) is 26.0 Å². The molecule has 0 radical (unpaired) electrons. The van der Waals surface area contributed by atoms with Crippen molar-refractivity contribution in [1.29, 1.82) is 0 Å². The quantitative estimate of drug-likeness (QED) is 0.913. The van der Waals surface area contributed by atoms with Gasteiger partial charge in [-0.2, -0.15) is 5.10 Å². The number of halogens is 1. The van der Waals surface area contributed by atoms with Gasteiger partial charge in [-0.3, -0.25) is 4.68 Å². The SMILES string of the molecule is COCCn1ncc(Br)c1C(N)c1cscn1. The van der Waals surface area contributed by atoms with Crippen LogP contribution in [0.1, 0.15) is 17.4 Å². The van der Waals surface area contributed by atoms with Gasteiger partial charge in [-0.05, 0) is 15.9 Å². The van der Waals surface area contributed by atoms with Gasteiger partial charge in [0.15, 0.2) is 0 Å². The van der Waals surface area contributed by atoms with Crippen molar-refractivity contribution in [2.24, 2.45) is 5.73 Å². The van der Waals surface area contributed by atoms with Crippen LogP contribution in [0.4, 0.5) is 0 Å². The average Bonchev–Trinajstić information content (AvgIpc) is 2.95. The molecule has 0 saturated carbocycles. The predicted molar refractivity (Wildman–Crippen MR) is 69.9 cm³/mol. The van der Waals surface area contributed by atoms with Crippen molar-refractivity contribution in [1.82, 2.24) is 14.8 Å². The number of aromatic nitrogens is 3. The van der Waals surface area contributed by atoms with Gasteiger partial charge in [0.25, 0.3) is 0 Å². The zero-order valence-electron chi connectivity index (χ0n) is 9.34. The molecule has 1 atom stereocenters. The summed E-state index contributed by atoms with van der Waals surface area (Å²) in [6.45, 7) is 1.28. The first-order valence-corrected chi connectivity index (χ1v) is 6.81. The highest BCUT2D eigenvalue weighted by atomic mass is 79.9. The molecule has 2 aromatic heterocycles.